The van der Waals surface area contributed by atoms with Gasteiger partial charge in [0.15, 0.2) is 6.61 Å². The molecule has 0 bridgehead atoms. The summed E-state index contributed by atoms with van der Waals surface area (Å²) in [4.78, 5) is 27.9. The standard InChI is InChI=1S/C26H36N2O4/c1-8-22(25(30)27-26(4,5)6)28(16-20-12-14-21(31-7)15-13-20)24(29)17-32-23-11-9-10-18(2)19(23)3/h9-15,22H,8,16-17H2,1-7H3,(H,27,30)/t22-/m1/s1. The van der Waals surface area contributed by atoms with Crippen molar-refractivity contribution in [1.82, 2.24) is 10.2 Å². The number of nitrogens with one attached hydrogen (secondary N) is 1. The molecule has 0 aromatic heterocycles. The lowest BCUT2D eigenvalue weighted by Gasteiger charge is -2.33. The summed E-state index contributed by atoms with van der Waals surface area (Å²) in [5.74, 6) is 1.00. The summed E-state index contributed by atoms with van der Waals surface area (Å²) in [6.45, 7) is 11.8. The van der Waals surface area contributed by atoms with Gasteiger partial charge in [-0.2, -0.15) is 0 Å². The number of carbonyl (C=O) groups excluding carboxylic acids is 2. The minimum atomic E-state index is -0.606. The molecule has 0 saturated heterocycles. The van der Waals surface area contributed by atoms with E-state index < -0.39 is 11.6 Å². The zero-order valence-electron chi connectivity index (χ0n) is 20.3. The van der Waals surface area contributed by atoms with Crippen molar-refractivity contribution in [3.8, 4) is 11.5 Å². The van der Waals surface area contributed by atoms with Crippen LogP contribution in [0.25, 0.3) is 0 Å². The van der Waals surface area contributed by atoms with E-state index in [2.05, 4.69) is 5.32 Å². The van der Waals surface area contributed by atoms with Crippen LogP contribution in [0, 0.1) is 13.8 Å². The lowest BCUT2D eigenvalue weighted by molar-refractivity contribution is -0.143. The van der Waals surface area contributed by atoms with Crippen LogP contribution >= 0.6 is 0 Å². The molecule has 0 spiro atoms. The van der Waals surface area contributed by atoms with E-state index >= 15 is 0 Å². The predicted octanol–water partition coefficient (Wildman–Crippen LogP) is 4.41. The lowest BCUT2D eigenvalue weighted by Crippen LogP contribution is -2.54. The van der Waals surface area contributed by atoms with Gasteiger partial charge in [0.05, 0.1) is 7.11 Å². The Labute approximate surface area is 191 Å². The molecule has 32 heavy (non-hydrogen) atoms. The highest BCUT2D eigenvalue weighted by molar-refractivity contribution is 5.88. The maximum absolute atomic E-state index is 13.3. The zero-order chi connectivity index (χ0) is 23.9. The van der Waals surface area contributed by atoms with Crippen LogP contribution in [-0.2, 0) is 16.1 Å². The van der Waals surface area contributed by atoms with E-state index in [9.17, 15) is 9.59 Å². The second-order valence-corrected chi connectivity index (χ2v) is 9.02. The van der Waals surface area contributed by atoms with Crippen LogP contribution in [0.3, 0.4) is 0 Å². The number of ether oxygens (including phenoxy) is 2. The Morgan fingerprint density at radius 3 is 2.28 bits per heavy atom. The van der Waals surface area contributed by atoms with Crippen molar-refractivity contribution in [1.29, 1.82) is 0 Å². The van der Waals surface area contributed by atoms with Gasteiger partial charge in [-0.05, 0) is 75.9 Å². The first-order valence-electron chi connectivity index (χ1n) is 11.0. The average Bonchev–Trinajstić information content (AvgIpc) is 2.73. The van der Waals surface area contributed by atoms with E-state index in [0.29, 0.717) is 18.7 Å². The summed E-state index contributed by atoms with van der Waals surface area (Å²) in [6, 6.07) is 12.7. The van der Waals surface area contributed by atoms with E-state index in [-0.39, 0.29) is 18.4 Å². The van der Waals surface area contributed by atoms with Gasteiger partial charge >= 0.3 is 0 Å². The Hall–Kier alpha value is -3.02. The van der Waals surface area contributed by atoms with Gasteiger partial charge in [-0.25, -0.2) is 0 Å². The van der Waals surface area contributed by atoms with Crippen LogP contribution in [-0.4, -0.2) is 42.0 Å². The van der Waals surface area contributed by atoms with Crippen LogP contribution in [0.4, 0.5) is 0 Å². The third kappa shape index (κ3) is 7.01. The van der Waals surface area contributed by atoms with E-state index in [1.54, 1.807) is 12.0 Å². The van der Waals surface area contributed by atoms with E-state index in [0.717, 1.165) is 22.4 Å². The molecule has 2 rings (SSSR count). The van der Waals surface area contributed by atoms with Gasteiger partial charge in [0.25, 0.3) is 5.91 Å². The molecule has 6 nitrogen and oxygen atoms in total. The van der Waals surface area contributed by atoms with E-state index in [1.807, 2.05) is 84.0 Å². The highest BCUT2D eigenvalue weighted by atomic mass is 16.5. The monoisotopic (exact) mass is 440 g/mol. The van der Waals surface area contributed by atoms with E-state index in [1.165, 1.54) is 0 Å². The minimum Gasteiger partial charge on any atom is -0.497 e. The highest BCUT2D eigenvalue weighted by Crippen LogP contribution is 2.21. The van der Waals surface area contributed by atoms with Gasteiger partial charge in [-0.3, -0.25) is 9.59 Å². The molecule has 2 amide bonds. The number of rotatable bonds is 9. The normalized spacial score (nSPS) is 12.1. The molecule has 1 atom stereocenters. The molecule has 0 aliphatic carbocycles. The predicted molar refractivity (Wildman–Crippen MR) is 127 cm³/mol. The molecule has 2 aromatic carbocycles. The average molecular weight is 441 g/mol. The third-order valence-corrected chi connectivity index (χ3v) is 5.30. The molecule has 1 N–H and O–H groups in total. The number of benzene rings is 2. The van der Waals surface area contributed by atoms with Gasteiger partial charge in [0, 0.05) is 12.1 Å². The van der Waals surface area contributed by atoms with Crippen molar-refractivity contribution in [2.45, 2.75) is 66.1 Å². The molecular formula is C26H36N2O4. The zero-order valence-corrected chi connectivity index (χ0v) is 20.3. The molecule has 0 heterocycles. The summed E-state index contributed by atoms with van der Waals surface area (Å²) in [5.41, 5.74) is 2.61. The molecule has 0 aliphatic rings. The van der Waals surface area contributed by atoms with Crippen LogP contribution in [0.1, 0.15) is 50.8 Å². The summed E-state index contributed by atoms with van der Waals surface area (Å²) in [5, 5.41) is 3.01. The van der Waals surface area contributed by atoms with Crippen molar-refractivity contribution < 1.29 is 19.1 Å². The molecule has 6 heteroatoms. The van der Waals surface area contributed by atoms with Crippen molar-refractivity contribution >= 4 is 11.8 Å². The summed E-state index contributed by atoms with van der Waals surface area (Å²) < 4.78 is 11.1. The fourth-order valence-corrected chi connectivity index (χ4v) is 3.40. The van der Waals surface area contributed by atoms with Crippen molar-refractivity contribution in [3.63, 3.8) is 0 Å². The number of carbonyl (C=O) groups is 2. The number of aryl methyl sites for hydroxylation is 1. The van der Waals surface area contributed by atoms with Gasteiger partial charge in [0.2, 0.25) is 5.91 Å². The first-order valence-corrected chi connectivity index (χ1v) is 11.0. The topological polar surface area (TPSA) is 67.9 Å². The Morgan fingerprint density at radius 1 is 1.06 bits per heavy atom. The van der Waals surface area contributed by atoms with Crippen molar-refractivity contribution in [3.05, 3.63) is 59.2 Å². The molecule has 0 unspecified atom stereocenters. The number of methoxy groups -OCH3 is 1. The number of nitrogens with zero attached hydrogens (tertiary/aromatic N) is 1. The largest absolute Gasteiger partial charge is 0.497 e. The fraction of sp³-hybridized carbons (Fsp3) is 0.462. The molecule has 2 aromatic rings. The van der Waals surface area contributed by atoms with E-state index in [4.69, 9.17) is 9.47 Å². The Bertz CT molecular complexity index is 916. The first-order chi connectivity index (χ1) is 15.1. The Balaban J connectivity index is 2.26. The highest BCUT2D eigenvalue weighted by Gasteiger charge is 2.31. The van der Waals surface area contributed by atoms with Gasteiger partial charge in [-0.1, -0.05) is 31.2 Å². The van der Waals surface area contributed by atoms with Gasteiger partial charge in [-0.15, -0.1) is 0 Å². The molecule has 0 radical (unpaired) electrons. The lowest BCUT2D eigenvalue weighted by atomic mass is 10.1. The van der Waals surface area contributed by atoms with Gasteiger partial charge < -0.3 is 19.7 Å². The maximum Gasteiger partial charge on any atom is 0.261 e. The van der Waals surface area contributed by atoms with Crippen LogP contribution < -0.4 is 14.8 Å². The first kappa shape index (κ1) is 25.2. The molecular weight excluding hydrogens is 404 g/mol. The van der Waals surface area contributed by atoms with Crippen LogP contribution in [0.5, 0.6) is 11.5 Å². The summed E-state index contributed by atoms with van der Waals surface area (Å²) >= 11 is 0. The third-order valence-electron chi connectivity index (χ3n) is 5.30. The summed E-state index contributed by atoms with van der Waals surface area (Å²) in [7, 11) is 1.61. The number of hydrogen-bond acceptors (Lipinski definition) is 4. The number of hydrogen-bond donors (Lipinski definition) is 1. The number of amides is 2. The summed E-state index contributed by atoms with van der Waals surface area (Å²) in [6.07, 6.45) is 0.493. The molecule has 0 fully saturated rings. The Kier molecular flexibility index (Phi) is 8.70. The second kappa shape index (κ2) is 11.0. The smallest absolute Gasteiger partial charge is 0.261 e. The molecule has 174 valence electrons. The quantitative estimate of drug-likeness (QED) is 0.627. The fourth-order valence-electron chi connectivity index (χ4n) is 3.40. The second-order valence-electron chi connectivity index (χ2n) is 9.02. The van der Waals surface area contributed by atoms with Crippen LogP contribution in [0.2, 0.25) is 0 Å². The van der Waals surface area contributed by atoms with Crippen LogP contribution in [0.15, 0.2) is 42.5 Å². The van der Waals surface area contributed by atoms with Gasteiger partial charge in [0.1, 0.15) is 17.5 Å². The van der Waals surface area contributed by atoms with Crippen molar-refractivity contribution in [2.24, 2.45) is 0 Å². The molecule has 0 aliphatic heterocycles. The van der Waals surface area contributed by atoms with Crippen molar-refractivity contribution in [2.75, 3.05) is 13.7 Å². The Morgan fingerprint density at radius 2 is 1.72 bits per heavy atom. The molecule has 0 saturated carbocycles. The SMILES string of the molecule is CC[C@H](C(=O)NC(C)(C)C)N(Cc1ccc(OC)cc1)C(=O)COc1cccc(C)c1C. The minimum absolute atomic E-state index is 0.139. The maximum atomic E-state index is 13.3.